The van der Waals surface area contributed by atoms with Crippen molar-refractivity contribution >= 4 is 0 Å². The first kappa shape index (κ1) is 15.7. The number of aromatic nitrogens is 2. The van der Waals surface area contributed by atoms with E-state index in [4.69, 9.17) is 0 Å². The normalized spacial score (nSPS) is 12.6. The summed E-state index contributed by atoms with van der Waals surface area (Å²) in [6.45, 7) is 5.59. The lowest BCUT2D eigenvalue weighted by Crippen LogP contribution is -2.41. The third-order valence-electron chi connectivity index (χ3n) is 3.32. The van der Waals surface area contributed by atoms with E-state index in [9.17, 15) is 9.59 Å². The summed E-state index contributed by atoms with van der Waals surface area (Å²) >= 11 is 0. The Labute approximate surface area is 114 Å². The minimum Gasteiger partial charge on any atom is -0.312 e. The Kier molecular flexibility index (Phi) is 6.56. The Morgan fingerprint density at radius 2 is 1.95 bits per heavy atom. The van der Waals surface area contributed by atoms with E-state index in [1.54, 1.807) is 19.4 Å². The molecule has 1 unspecified atom stereocenters. The molecule has 0 amide bonds. The molecule has 0 aromatic carbocycles. The molecular weight excluding hydrogens is 242 g/mol. The van der Waals surface area contributed by atoms with Gasteiger partial charge in [0.25, 0.3) is 0 Å². The van der Waals surface area contributed by atoms with Gasteiger partial charge in [-0.2, -0.15) is 0 Å². The van der Waals surface area contributed by atoms with E-state index in [0.29, 0.717) is 19.1 Å². The average Bonchev–Trinajstić information content (AvgIpc) is 2.39. The van der Waals surface area contributed by atoms with Crippen LogP contribution in [0.25, 0.3) is 0 Å². The number of nitrogens with zero attached hydrogens (tertiary/aromatic N) is 2. The molecule has 19 heavy (non-hydrogen) atoms. The average molecular weight is 267 g/mol. The van der Waals surface area contributed by atoms with Gasteiger partial charge in [0.05, 0.1) is 0 Å². The SMILES string of the molecule is CCCCCC(C)NCCn1ccn(C)c(=O)c1=O. The van der Waals surface area contributed by atoms with Crippen molar-refractivity contribution < 1.29 is 0 Å². The molecule has 5 heteroatoms. The summed E-state index contributed by atoms with van der Waals surface area (Å²) in [6, 6.07) is 0.453. The smallest absolute Gasteiger partial charge is 0.312 e. The van der Waals surface area contributed by atoms with Crippen molar-refractivity contribution in [3.8, 4) is 0 Å². The van der Waals surface area contributed by atoms with E-state index < -0.39 is 11.1 Å². The highest BCUT2D eigenvalue weighted by molar-refractivity contribution is 4.84. The van der Waals surface area contributed by atoms with Crippen molar-refractivity contribution in [2.75, 3.05) is 6.54 Å². The third kappa shape index (κ3) is 5.03. The van der Waals surface area contributed by atoms with Gasteiger partial charge in [-0.25, -0.2) is 0 Å². The second-order valence-electron chi connectivity index (χ2n) is 5.06. The van der Waals surface area contributed by atoms with Gasteiger partial charge in [-0.1, -0.05) is 26.2 Å². The number of hydrogen-bond acceptors (Lipinski definition) is 3. The Morgan fingerprint density at radius 1 is 1.21 bits per heavy atom. The fourth-order valence-electron chi connectivity index (χ4n) is 2.00. The van der Waals surface area contributed by atoms with Crippen LogP contribution in [0, 0.1) is 0 Å². The molecule has 0 radical (unpaired) electrons. The molecule has 0 spiro atoms. The molecule has 5 nitrogen and oxygen atoms in total. The van der Waals surface area contributed by atoms with Gasteiger partial charge < -0.3 is 14.5 Å². The van der Waals surface area contributed by atoms with Crippen molar-refractivity contribution in [2.24, 2.45) is 7.05 Å². The number of aryl methyl sites for hydroxylation is 1. The van der Waals surface area contributed by atoms with Crippen LogP contribution in [0.3, 0.4) is 0 Å². The number of hydrogen-bond donors (Lipinski definition) is 1. The minimum atomic E-state index is -0.474. The molecular formula is C14H25N3O2. The first-order chi connectivity index (χ1) is 9.06. The van der Waals surface area contributed by atoms with E-state index in [0.717, 1.165) is 6.42 Å². The summed E-state index contributed by atoms with van der Waals surface area (Å²) in [5.41, 5.74) is -0.927. The summed E-state index contributed by atoms with van der Waals surface area (Å²) in [5, 5.41) is 3.38. The molecule has 0 fully saturated rings. The fourth-order valence-corrected chi connectivity index (χ4v) is 2.00. The van der Waals surface area contributed by atoms with Crippen LogP contribution in [0.15, 0.2) is 22.0 Å². The third-order valence-corrected chi connectivity index (χ3v) is 3.32. The quantitative estimate of drug-likeness (QED) is 0.567. The van der Waals surface area contributed by atoms with Crippen molar-refractivity contribution in [1.82, 2.24) is 14.5 Å². The number of rotatable bonds is 8. The second kappa shape index (κ2) is 7.94. The Balaban J connectivity index is 2.40. The van der Waals surface area contributed by atoms with Crippen LogP contribution in [-0.4, -0.2) is 21.7 Å². The molecule has 1 heterocycles. The van der Waals surface area contributed by atoms with Crippen molar-refractivity contribution in [1.29, 1.82) is 0 Å². The summed E-state index contributed by atoms with van der Waals surface area (Å²) in [4.78, 5) is 23.1. The first-order valence-electron chi connectivity index (χ1n) is 7.05. The van der Waals surface area contributed by atoms with E-state index in [1.807, 2.05) is 0 Å². The molecule has 1 atom stereocenters. The Bertz CT molecular complexity index is 490. The van der Waals surface area contributed by atoms with Crippen LogP contribution in [0.5, 0.6) is 0 Å². The molecule has 1 aromatic heterocycles. The topological polar surface area (TPSA) is 56.0 Å². The minimum absolute atomic E-state index is 0.453. The number of unbranched alkanes of at least 4 members (excludes halogenated alkanes) is 2. The number of nitrogens with one attached hydrogen (secondary N) is 1. The summed E-state index contributed by atoms with van der Waals surface area (Å²) < 4.78 is 2.77. The van der Waals surface area contributed by atoms with Gasteiger partial charge in [0.1, 0.15) is 0 Å². The van der Waals surface area contributed by atoms with Crippen molar-refractivity contribution in [2.45, 2.75) is 52.1 Å². The van der Waals surface area contributed by atoms with E-state index in [2.05, 4.69) is 19.2 Å². The summed E-state index contributed by atoms with van der Waals surface area (Å²) in [7, 11) is 1.59. The van der Waals surface area contributed by atoms with E-state index in [-0.39, 0.29) is 0 Å². The Hall–Kier alpha value is -1.36. The maximum absolute atomic E-state index is 11.7. The first-order valence-corrected chi connectivity index (χ1v) is 7.05. The van der Waals surface area contributed by atoms with Crippen LogP contribution in [0.4, 0.5) is 0 Å². The van der Waals surface area contributed by atoms with Crippen molar-refractivity contribution in [3.05, 3.63) is 33.1 Å². The molecule has 0 saturated heterocycles. The zero-order chi connectivity index (χ0) is 14.3. The molecule has 0 aliphatic heterocycles. The highest BCUT2D eigenvalue weighted by atomic mass is 16.2. The molecule has 0 aliphatic carbocycles. The molecule has 1 N–H and O–H groups in total. The monoisotopic (exact) mass is 267 g/mol. The Morgan fingerprint density at radius 3 is 2.63 bits per heavy atom. The zero-order valence-electron chi connectivity index (χ0n) is 12.2. The van der Waals surface area contributed by atoms with Crippen LogP contribution in [0.2, 0.25) is 0 Å². The molecule has 1 aromatic rings. The molecule has 108 valence electrons. The van der Waals surface area contributed by atoms with Gasteiger partial charge in [0.15, 0.2) is 0 Å². The molecule has 0 saturated carbocycles. The van der Waals surface area contributed by atoms with Crippen LogP contribution >= 0.6 is 0 Å². The predicted molar refractivity (Wildman–Crippen MR) is 77.5 cm³/mol. The summed E-state index contributed by atoms with van der Waals surface area (Å²) in [5.74, 6) is 0. The lowest BCUT2D eigenvalue weighted by Gasteiger charge is -2.14. The van der Waals surface area contributed by atoms with Gasteiger partial charge in [-0.05, 0) is 13.3 Å². The van der Waals surface area contributed by atoms with Gasteiger partial charge in [0, 0.05) is 38.6 Å². The fraction of sp³-hybridized carbons (Fsp3) is 0.714. The van der Waals surface area contributed by atoms with Crippen LogP contribution < -0.4 is 16.4 Å². The largest absolute Gasteiger partial charge is 0.316 e. The van der Waals surface area contributed by atoms with Crippen molar-refractivity contribution in [3.63, 3.8) is 0 Å². The lowest BCUT2D eigenvalue weighted by molar-refractivity contribution is 0.465. The second-order valence-corrected chi connectivity index (χ2v) is 5.06. The van der Waals surface area contributed by atoms with E-state index >= 15 is 0 Å². The van der Waals surface area contributed by atoms with Crippen LogP contribution in [-0.2, 0) is 13.6 Å². The molecule has 1 rings (SSSR count). The van der Waals surface area contributed by atoms with Crippen LogP contribution in [0.1, 0.15) is 39.5 Å². The maximum atomic E-state index is 11.7. The zero-order valence-corrected chi connectivity index (χ0v) is 12.2. The lowest BCUT2D eigenvalue weighted by atomic mass is 10.1. The van der Waals surface area contributed by atoms with Gasteiger partial charge in [-0.3, -0.25) is 9.59 Å². The van der Waals surface area contributed by atoms with Gasteiger partial charge in [-0.15, -0.1) is 0 Å². The highest BCUT2D eigenvalue weighted by Crippen LogP contribution is 2.02. The molecule has 0 bridgehead atoms. The highest BCUT2D eigenvalue weighted by Gasteiger charge is 2.03. The predicted octanol–water partition coefficient (Wildman–Crippen LogP) is 1.11. The van der Waals surface area contributed by atoms with Gasteiger partial charge >= 0.3 is 11.1 Å². The maximum Gasteiger partial charge on any atom is 0.316 e. The standard InChI is InChI=1S/C14H25N3O2/c1-4-5-6-7-12(2)15-8-9-17-11-10-16(3)13(18)14(17)19/h10-12,15H,4-9H2,1-3H3. The molecule has 0 aliphatic rings. The van der Waals surface area contributed by atoms with E-state index in [1.165, 1.54) is 28.4 Å². The van der Waals surface area contributed by atoms with Gasteiger partial charge in [0.2, 0.25) is 0 Å². The summed E-state index contributed by atoms with van der Waals surface area (Å²) in [6.07, 6.45) is 8.16.